The Labute approximate surface area is 183 Å². The predicted octanol–water partition coefficient (Wildman–Crippen LogP) is 6.99. The maximum absolute atomic E-state index is 12.5. The van der Waals surface area contributed by atoms with Crippen molar-refractivity contribution in [2.75, 3.05) is 0 Å². The number of Topliss-reactive ketones (excluding diaryl/α,β-unsaturated/α-hetero) is 1. The Balaban J connectivity index is 1.52. The number of hydrogen-bond acceptors (Lipinski definition) is 5. The van der Waals surface area contributed by atoms with Gasteiger partial charge in [0.1, 0.15) is 5.75 Å². The Morgan fingerprint density at radius 1 is 1.14 bits per heavy atom. The molecule has 0 aliphatic rings. The second kappa shape index (κ2) is 8.25. The fourth-order valence-electron chi connectivity index (χ4n) is 2.75. The quantitative estimate of drug-likeness (QED) is 0.306. The zero-order valence-electron chi connectivity index (χ0n) is 14.4. The lowest BCUT2D eigenvalue weighted by Gasteiger charge is -2.07. The van der Waals surface area contributed by atoms with Crippen molar-refractivity contribution in [3.8, 4) is 5.75 Å². The van der Waals surface area contributed by atoms with E-state index in [2.05, 4.69) is 20.9 Å². The van der Waals surface area contributed by atoms with Gasteiger partial charge in [0.05, 0.1) is 25.3 Å². The third-order valence-electron chi connectivity index (χ3n) is 4.12. The molecule has 4 aromatic rings. The SMILES string of the molecule is O=C(Cc1ccc(Sc2nc3ccccc3s2)c(Cl)c1)c1cccc(Br)c1O. The molecule has 3 aromatic carbocycles. The van der Waals surface area contributed by atoms with Crippen LogP contribution in [0.25, 0.3) is 10.2 Å². The minimum atomic E-state index is -0.165. The molecular formula is C21H13BrClNO2S2. The van der Waals surface area contributed by atoms with Gasteiger partial charge in [-0.1, -0.05) is 47.6 Å². The number of thiazole rings is 1. The van der Waals surface area contributed by atoms with Crippen LogP contribution < -0.4 is 0 Å². The molecule has 3 nitrogen and oxygen atoms in total. The van der Waals surface area contributed by atoms with E-state index in [1.54, 1.807) is 35.6 Å². The van der Waals surface area contributed by atoms with Gasteiger partial charge in [0.2, 0.25) is 0 Å². The van der Waals surface area contributed by atoms with Gasteiger partial charge in [0.25, 0.3) is 0 Å². The summed E-state index contributed by atoms with van der Waals surface area (Å²) >= 11 is 12.8. The highest BCUT2D eigenvalue weighted by Gasteiger charge is 2.15. The normalized spacial score (nSPS) is 11.1. The number of fused-ring (bicyclic) bond motifs is 1. The van der Waals surface area contributed by atoms with Crippen LogP contribution in [0.4, 0.5) is 0 Å². The smallest absolute Gasteiger partial charge is 0.170 e. The van der Waals surface area contributed by atoms with Gasteiger partial charge in [-0.25, -0.2) is 4.98 Å². The van der Waals surface area contributed by atoms with Gasteiger partial charge in [-0.15, -0.1) is 11.3 Å². The molecule has 0 radical (unpaired) electrons. The lowest BCUT2D eigenvalue weighted by Crippen LogP contribution is -2.04. The molecule has 0 saturated carbocycles. The Morgan fingerprint density at radius 3 is 2.75 bits per heavy atom. The lowest BCUT2D eigenvalue weighted by molar-refractivity contribution is 0.0990. The van der Waals surface area contributed by atoms with E-state index in [-0.39, 0.29) is 18.0 Å². The predicted molar refractivity (Wildman–Crippen MR) is 119 cm³/mol. The van der Waals surface area contributed by atoms with Crippen LogP contribution in [-0.2, 0) is 6.42 Å². The summed E-state index contributed by atoms with van der Waals surface area (Å²) in [7, 11) is 0. The number of benzene rings is 3. The third kappa shape index (κ3) is 4.10. The molecule has 1 aromatic heterocycles. The second-order valence-corrected chi connectivity index (χ2v) is 9.63. The van der Waals surface area contributed by atoms with Gasteiger partial charge in [0.15, 0.2) is 10.1 Å². The minimum absolute atomic E-state index is 0.0402. The van der Waals surface area contributed by atoms with Gasteiger partial charge < -0.3 is 5.11 Å². The van der Waals surface area contributed by atoms with Crippen LogP contribution >= 0.6 is 50.6 Å². The molecule has 0 bridgehead atoms. The van der Waals surface area contributed by atoms with E-state index in [9.17, 15) is 9.90 Å². The molecule has 7 heteroatoms. The standard InChI is InChI=1S/C21H13BrClNO2S2/c22-14-5-3-4-13(20(14)26)17(25)11-12-8-9-18(15(23)10-12)27-21-24-16-6-1-2-7-19(16)28-21/h1-10,26H,11H2. The minimum Gasteiger partial charge on any atom is -0.506 e. The number of halogens is 2. The molecular weight excluding hydrogens is 478 g/mol. The molecule has 0 saturated heterocycles. The Morgan fingerprint density at radius 2 is 1.96 bits per heavy atom. The number of phenolic OH excluding ortho intramolecular Hbond substituents is 1. The average molecular weight is 491 g/mol. The number of carbonyl (C=O) groups excluding carboxylic acids is 1. The summed E-state index contributed by atoms with van der Waals surface area (Å²) in [6.07, 6.45) is 0.163. The zero-order valence-corrected chi connectivity index (χ0v) is 18.3. The van der Waals surface area contributed by atoms with E-state index in [0.29, 0.717) is 15.1 Å². The summed E-state index contributed by atoms with van der Waals surface area (Å²) in [4.78, 5) is 18.0. The highest BCUT2D eigenvalue weighted by Crippen LogP contribution is 2.38. The van der Waals surface area contributed by atoms with Crippen molar-refractivity contribution in [2.24, 2.45) is 0 Å². The van der Waals surface area contributed by atoms with Crippen molar-refractivity contribution in [3.63, 3.8) is 0 Å². The molecule has 4 rings (SSSR count). The van der Waals surface area contributed by atoms with E-state index in [1.165, 1.54) is 11.8 Å². The number of carbonyl (C=O) groups is 1. The van der Waals surface area contributed by atoms with Crippen molar-refractivity contribution < 1.29 is 9.90 Å². The van der Waals surface area contributed by atoms with E-state index >= 15 is 0 Å². The van der Waals surface area contributed by atoms with E-state index in [0.717, 1.165) is 25.0 Å². The molecule has 1 heterocycles. The number of ketones is 1. The van der Waals surface area contributed by atoms with E-state index in [1.807, 2.05) is 36.4 Å². The number of para-hydroxylation sites is 2. The lowest BCUT2D eigenvalue weighted by atomic mass is 10.0. The largest absolute Gasteiger partial charge is 0.506 e. The first-order chi connectivity index (χ1) is 13.5. The van der Waals surface area contributed by atoms with E-state index < -0.39 is 0 Å². The van der Waals surface area contributed by atoms with Crippen molar-refractivity contribution in [3.05, 3.63) is 81.3 Å². The third-order valence-corrected chi connectivity index (χ3v) is 7.36. The van der Waals surface area contributed by atoms with Crippen LogP contribution in [0.15, 0.2) is 74.4 Å². The molecule has 140 valence electrons. The highest BCUT2D eigenvalue weighted by atomic mass is 79.9. The Hall–Kier alpha value is -1.86. The summed E-state index contributed by atoms with van der Waals surface area (Å²) in [5.74, 6) is -0.206. The summed E-state index contributed by atoms with van der Waals surface area (Å²) in [5, 5.41) is 10.6. The van der Waals surface area contributed by atoms with Gasteiger partial charge >= 0.3 is 0 Å². The van der Waals surface area contributed by atoms with Gasteiger partial charge in [-0.2, -0.15) is 0 Å². The maximum Gasteiger partial charge on any atom is 0.170 e. The van der Waals surface area contributed by atoms with Crippen molar-refractivity contribution in [1.82, 2.24) is 4.98 Å². The number of rotatable bonds is 5. The average Bonchev–Trinajstić information content (AvgIpc) is 3.08. The molecule has 0 aliphatic heterocycles. The van der Waals surface area contributed by atoms with Crippen LogP contribution in [-0.4, -0.2) is 15.9 Å². The number of aromatic hydroxyl groups is 1. The summed E-state index contributed by atoms with van der Waals surface area (Å²) < 4.78 is 2.56. The molecule has 0 unspecified atom stereocenters. The highest BCUT2D eigenvalue weighted by molar-refractivity contribution is 9.10. The maximum atomic E-state index is 12.5. The fraction of sp³-hybridized carbons (Fsp3) is 0.0476. The molecule has 0 spiro atoms. The molecule has 1 N–H and O–H groups in total. The molecule has 0 aliphatic carbocycles. The molecule has 28 heavy (non-hydrogen) atoms. The topological polar surface area (TPSA) is 50.2 Å². The van der Waals surface area contributed by atoms with Crippen LogP contribution in [0, 0.1) is 0 Å². The van der Waals surface area contributed by atoms with Gasteiger partial charge in [0, 0.05) is 11.3 Å². The van der Waals surface area contributed by atoms with Crippen molar-refractivity contribution >= 4 is 66.6 Å². The first-order valence-electron chi connectivity index (χ1n) is 8.34. The number of phenols is 1. The Kier molecular flexibility index (Phi) is 5.73. The monoisotopic (exact) mass is 489 g/mol. The summed E-state index contributed by atoms with van der Waals surface area (Å²) in [5.41, 5.74) is 2.06. The summed E-state index contributed by atoms with van der Waals surface area (Å²) in [6, 6.07) is 18.6. The Bertz CT molecular complexity index is 1160. The fourth-order valence-corrected chi connectivity index (χ4v) is 5.46. The molecule has 0 atom stereocenters. The number of nitrogens with zero attached hydrogens (tertiary/aromatic N) is 1. The first kappa shape index (κ1) is 19.5. The first-order valence-corrected chi connectivity index (χ1v) is 11.1. The zero-order chi connectivity index (χ0) is 19.7. The number of aromatic nitrogens is 1. The second-order valence-electron chi connectivity index (χ2n) is 6.05. The van der Waals surface area contributed by atoms with Gasteiger partial charge in [-0.05, 0) is 57.9 Å². The molecule has 0 amide bonds. The van der Waals surface area contributed by atoms with Crippen molar-refractivity contribution in [2.45, 2.75) is 15.7 Å². The van der Waals surface area contributed by atoms with Crippen LogP contribution in [0.5, 0.6) is 5.75 Å². The van der Waals surface area contributed by atoms with Crippen molar-refractivity contribution in [1.29, 1.82) is 0 Å². The summed E-state index contributed by atoms with van der Waals surface area (Å²) in [6.45, 7) is 0. The number of hydrogen-bond donors (Lipinski definition) is 1. The van der Waals surface area contributed by atoms with Crippen LogP contribution in [0.1, 0.15) is 15.9 Å². The molecule has 0 fully saturated rings. The van der Waals surface area contributed by atoms with Crippen LogP contribution in [0.2, 0.25) is 5.02 Å². The van der Waals surface area contributed by atoms with Gasteiger partial charge in [-0.3, -0.25) is 4.79 Å². The van der Waals surface area contributed by atoms with Crippen LogP contribution in [0.3, 0.4) is 0 Å². The van der Waals surface area contributed by atoms with E-state index in [4.69, 9.17) is 11.6 Å².